The molecule has 3 aromatic rings. The van der Waals surface area contributed by atoms with Crippen LogP contribution in [-0.4, -0.2) is 28.8 Å². The third kappa shape index (κ3) is 3.41. The molecule has 1 N–H and O–H groups in total. The van der Waals surface area contributed by atoms with E-state index in [1.54, 1.807) is 60.7 Å². The molecular weight excluding hydrogens is 421 g/mol. The number of imide groups is 1. The molecule has 2 fully saturated rings. The molecule has 0 aliphatic carbocycles. The molecule has 3 atom stereocenters. The van der Waals surface area contributed by atoms with E-state index in [0.29, 0.717) is 11.3 Å². The smallest absolute Gasteiger partial charge is 0.268 e. The second-order valence-electron chi connectivity index (χ2n) is 8.49. The van der Waals surface area contributed by atoms with Crippen LogP contribution in [0.1, 0.15) is 33.1 Å². The van der Waals surface area contributed by atoms with Gasteiger partial charge in [-0.05, 0) is 49.7 Å². The van der Waals surface area contributed by atoms with Crippen LogP contribution in [0.3, 0.4) is 0 Å². The van der Waals surface area contributed by atoms with Gasteiger partial charge in [0.1, 0.15) is 11.9 Å². The van der Waals surface area contributed by atoms with E-state index in [4.69, 9.17) is 0 Å². The largest absolute Gasteiger partial charge is 0.274 e. The molecule has 0 unspecified atom stereocenters. The number of fused-ring (bicyclic) bond motifs is 1. The maximum Gasteiger partial charge on any atom is 0.268 e. The second kappa shape index (κ2) is 7.94. The molecule has 2 aliphatic rings. The first-order chi connectivity index (χ1) is 15.9. The molecule has 3 amide bonds. The highest BCUT2D eigenvalue weighted by Crippen LogP contribution is 2.42. The Morgan fingerprint density at radius 3 is 2.30 bits per heavy atom. The number of hydrogen-bond acceptors (Lipinski definition) is 4. The van der Waals surface area contributed by atoms with Gasteiger partial charge < -0.3 is 0 Å². The number of nitrogens with zero attached hydrogens (tertiary/aromatic N) is 2. The second-order valence-corrected chi connectivity index (χ2v) is 8.49. The Labute approximate surface area is 190 Å². The van der Waals surface area contributed by atoms with Gasteiger partial charge in [-0.1, -0.05) is 48.0 Å². The van der Waals surface area contributed by atoms with E-state index >= 15 is 0 Å². The average Bonchev–Trinajstić information content (AvgIpc) is 3.31. The molecule has 2 saturated heterocycles. The predicted molar refractivity (Wildman–Crippen MR) is 121 cm³/mol. The number of amides is 3. The summed E-state index contributed by atoms with van der Waals surface area (Å²) in [5.41, 5.74) is 5.90. The van der Waals surface area contributed by atoms with Gasteiger partial charge in [-0.2, -0.15) is 0 Å². The lowest BCUT2D eigenvalue weighted by atomic mass is 9.90. The van der Waals surface area contributed by atoms with Gasteiger partial charge in [0, 0.05) is 11.1 Å². The molecule has 7 heteroatoms. The van der Waals surface area contributed by atoms with Gasteiger partial charge in [0.15, 0.2) is 0 Å². The van der Waals surface area contributed by atoms with Crippen molar-refractivity contribution in [2.75, 3.05) is 4.90 Å². The highest BCUT2D eigenvalue weighted by molar-refractivity contribution is 6.25. The van der Waals surface area contributed by atoms with Gasteiger partial charge in [-0.25, -0.2) is 14.7 Å². The summed E-state index contributed by atoms with van der Waals surface area (Å²) in [4.78, 5) is 41.6. The van der Waals surface area contributed by atoms with Gasteiger partial charge in [0.05, 0.1) is 17.6 Å². The molecule has 6 nitrogen and oxygen atoms in total. The summed E-state index contributed by atoms with van der Waals surface area (Å²) in [6, 6.07) is 18.1. The van der Waals surface area contributed by atoms with Crippen LogP contribution < -0.4 is 10.3 Å². The minimum atomic E-state index is -1.09. The standard InChI is InChI=1S/C26H22FN3O3/c1-15-10-12-17(13-11-15)24(31)30-23-21(22(28-30)19-8-3-4-9-20(19)27)25(32)29(26(23)33)18-7-5-6-16(2)14-18/h3-14,21-23,28H,1-2H3/t21-,22-,23+/m1/s1. The Kier molecular flexibility index (Phi) is 5.06. The van der Waals surface area contributed by atoms with Crippen LogP contribution in [0.25, 0.3) is 0 Å². The summed E-state index contributed by atoms with van der Waals surface area (Å²) >= 11 is 0. The maximum absolute atomic E-state index is 14.7. The van der Waals surface area contributed by atoms with Crippen LogP contribution in [0.15, 0.2) is 72.8 Å². The van der Waals surface area contributed by atoms with Crippen LogP contribution in [0, 0.1) is 25.6 Å². The molecule has 166 valence electrons. The summed E-state index contributed by atoms with van der Waals surface area (Å²) in [5, 5.41) is 1.20. The van der Waals surface area contributed by atoms with Crippen molar-refractivity contribution in [3.63, 3.8) is 0 Å². The first-order valence-corrected chi connectivity index (χ1v) is 10.7. The van der Waals surface area contributed by atoms with E-state index in [2.05, 4.69) is 5.43 Å². The van der Waals surface area contributed by atoms with Crippen LogP contribution in [-0.2, 0) is 9.59 Å². The first-order valence-electron chi connectivity index (χ1n) is 10.7. The zero-order valence-corrected chi connectivity index (χ0v) is 18.2. The van der Waals surface area contributed by atoms with E-state index in [1.165, 1.54) is 11.1 Å². The lowest BCUT2D eigenvalue weighted by Gasteiger charge is -2.25. The zero-order valence-electron chi connectivity index (χ0n) is 18.2. The fourth-order valence-corrected chi connectivity index (χ4v) is 4.62. The molecule has 2 heterocycles. The van der Waals surface area contributed by atoms with Crippen molar-refractivity contribution < 1.29 is 18.8 Å². The Morgan fingerprint density at radius 1 is 0.879 bits per heavy atom. The molecule has 0 spiro atoms. The Balaban J connectivity index is 1.60. The van der Waals surface area contributed by atoms with Gasteiger partial charge in [-0.15, -0.1) is 0 Å². The lowest BCUT2D eigenvalue weighted by molar-refractivity contribution is -0.123. The van der Waals surface area contributed by atoms with Crippen LogP contribution >= 0.6 is 0 Å². The number of carbonyl (C=O) groups excluding carboxylic acids is 3. The first kappa shape index (κ1) is 21.0. The van der Waals surface area contributed by atoms with Crippen LogP contribution in [0.4, 0.5) is 10.1 Å². The minimum Gasteiger partial charge on any atom is -0.274 e. The summed E-state index contributed by atoms with van der Waals surface area (Å²) in [6.45, 7) is 3.78. The fourth-order valence-electron chi connectivity index (χ4n) is 4.62. The normalized spacial score (nSPS) is 22.1. The number of rotatable bonds is 3. The number of carbonyl (C=O) groups is 3. The Morgan fingerprint density at radius 2 is 1.61 bits per heavy atom. The SMILES string of the molecule is Cc1ccc(C(=O)N2N[C@H](c3ccccc3F)[C@H]3C(=O)N(c4cccc(C)c4)C(=O)[C@H]32)cc1. The van der Waals surface area contributed by atoms with Gasteiger partial charge >= 0.3 is 0 Å². The number of nitrogens with one attached hydrogen (secondary N) is 1. The van der Waals surface area contributed by atoms with Gasteiger partial charge in [0.25, 0.3) is 11.8 Å². The van der Waals surface area contributed by atoms with Gasteiger partial charge in [-0.3, -0.25) is 19.4 Å². The van der Waals surface area contributed by atoms with Crippen LogP contribution in [0.5, 0.6) is 0 Å². The summed E-state index contributed by atoms with van der Waals surface area (Å²) in [7, 11) is 0. The highest BCUT2D eigenvalue weighted by atomic mass is 19.1. The van der Waals surface area contributed by atoms with E-state index in [0.717, 1.165) is 16.0 Å². The van der Waals surface area contributed by atoms with E-state index in [1.807, 2.05) is 19.9 Å². The van der Waals surface area contributed by atoms with Crippen LogP contribution in [0.2, 0.25) is 0 Å². The monoisotopic (exact) mass is 443 g/mol. The van der Waals surface area contributed by atoms with Crippen molar-refractivity contribution in [1.29, 1.82) is 0 Å². The average molecular weight is 443 g/mol. The molecule has 2 aliphatic heterocycles. The van der Waals surface area contributed by atoms with Crippen molar-refractivity contribution in [2.45, 2.75) is 25.9 Å². The van der Waals surface area contributed by atoms with Crippen molar-refractivity contribution in [2.24, 2.45) is 5.92 Å². The molecule has 0 radical (unpaired) electrons. The molecular formula is C26H22FN3O3. The van der Waals surface area contributed by atoms with E-state index in [9.17, 15) is 18.8 Å². The third-order valence-corrected chi connectivity index (χ3v) is 6.25. The summed E-state index contributed by atoms with van der Waals surface area (Å²) < 4.78 is 14.7. The molecule has 0 aromatic heterocycles. The topological polar surface area (TPSA) is 69.7 Å². The quantitative estimate of drug-likeness (QED) is 0.627. The molecule has 33 heavy (non-hydrogen) atoms. The highest BCUT2D eigenvalue weighted by Gasteiger charge is 2.60. The van der Waals surface area contributed by atoms with Crippen molar-refractivity contribution in [3.8, 4) is 0 Å². The lowest BCUT2D eigenvalue weighted by Crippen LogP contribution is -2.48. The van der Waals surface area contributed by atoms with Crippen molar-refractivity contribution in [1.82, 2.24) is 10.4 Å². The summed E-state index contributed by atoms with van der Waals surface area (Å²) in [5.74, 6) is -2.88. The number of anilines is 1. The molecule has 0 saturated carbocycles. The van der Waals surface area contributed by atoms with E-state index < -0.39 is 41.5 Å². The predicted octanol–water partition coefficient (Wildman–Crippen LogP) is 3.70. The molecule has 5 rings (SSSR count). The fraction of sp³-hybridized carbons (Fsp3) is 0.192. The Bertz CT molecular complexity index is 1270. The third-order valence-electron chi connectivity index (χ3n) is 6.25. The Hall–Kier alpha value is -3.84. The van der Waals surface area contributed by atoms with Crippen molar-refractivity contribution in [3.05, 3.63) is 101 Å². The zero-order chi connectivity index (χ0) is 23.3. The minimum absolute atomic E-state index is 0.235. The van der Waals surface area contributed by atoms with Crippen molar-refractivity contribution >= 4 is 23.4 Å². The van der Waals surface area contributed by atoms with E-state index in [-0.39, 0.29) is 5.56 Å². The number of hydrazine groups is 1. The maximum atomic E-state index is 14.7. The number of aryl methyl sites for hydroxylation is 2. The van der Waals surface area contributed by atoms with Gasteiger partial charge in [0.2, 0.25) is 5.91 Å². The molecule has 0 bridgehead atoms. The summed E-state index contributed by atoms with van der Waals surface area (Å²) in [6.07, 6.45) is 0. The number of benzene rings is 3. The number of hydrogen-bond donors (Lipinski definition) is 1. The molecule has 3 aromatic carbocycles. The number of halogens is 1.